The molecule has 0 spiro atoms. The summed E-state index contributed by atoms with van der Waals surface area (Å²) in [5.74, 6) is -4.38. The van der Waals surface area contributed by atoms with Crippen LogP contribution in [0.25, 0.3) is 0 Å². The molecule has 7 heteroatoms. The number of unbranched alkanes of at least 4 members (excludes halogenated alkanes) is 1. The summed E-state index contributed by atoms with van der Waals surface area (Å²) >= 11 is 0. The largest absolute Gasteiger partial charge is 0.467 e. The molecule has 0 bridgehead atoms. The van der Waals surface area contributed by atoms with Crippen LogP contribution in [0.3, 0.4) is 0 Å². The first-order valence-electron chi connectivity index (χ1n) is 3.97. The Hall–Kier alpha value is -1.01. The minimum absolute atomic E-state index is 0.0925. The highest BCUT2D eigenvalue weighted by atomic mass is 19.3. The highest BCUT2D eigenvalue weighted by Crippen LogP contribution is 2.38. The number of nitrogens with two attached hydrogens (primary N) is 1. The van der Waals surface area contributed by atoms with E-state index in [-0.39, 0.29) is 6.42 Å². The molecule has 0 fully saturated rings. The standard InChI is InChI=1S/C7H11F4NO2/c1-2-3-4-6(8,9)7(10,11)14-5(12)13/h2-4H2,1H3,(H2,12,13). The molecule has 2 N–H and O–H groups in total. The van der Waals surface area contributed by atoms with Crippen LogP contribution in [0, 0.1) is 0 Å². The second kappa shape index (κ2) is 4.47. The average molecular weight is 217 g/mol. The Balaban J connectivity index is 4.43. The van der Waals surface area contributed by atoms with Crippen molar-refractivity contribution < 1.29 is 27.1 Å². The molecule has 0 saturated carbocycles. The fraction of sp³-hybridized carbons (Fsp3) is 0.857. The van der Waals surface area contributed by atoms with Crippen molar-refractivity contribution >= 4 is 6.09 Å². The van der Waals surface area contributed by atoms with E-state index < -0.39 is 24.5 Å². The van der Waals surface area contributed by atoms with Crippen molar-refractivity contribution in [3.05, 3.63) is 0 Å². The topological polar surface area (TPSA) is 52.3 Å². The molecule has 0 aromatic carbocycles. The van der Waals surface area contributed by atoms with E-state index in [9.17, 15) is 22.4 Å². The van der Waals surface area contributed by atoms with Gasteiger partial charge in [0.2, 0.25) is 0 Å². The van der Waals surface area contributed by atoms with Crippen molar-refractivity contribution in [2.75, 3.05) is 0 Å². The number of hydrogen-bond donors (Lipinski definition) is 1. The van der Waals surface area contributed by atoms with E-state index in [0.717, 1.165) is 0 Å². The van der Waals surface area contributed by atoms with Crippen LogP contribution in [0.15, 0.2) is 0 Å². The summed E-state index contributed by atoms with van der Waals surface area (Å²) in [7, 11) is 0. The molecule has 0 aromatic heterocycles. The van der Waals surface area contributed by atoms with E-state index in [1.807, 2.05) is 0 Å². The number of rotatable bonds is 5. The summed E-state index contributed by atoms with van der Waals surface area (Å²) < 4.78 is 53.4. The zero-order valence-electron chi connectivity index (χ0n) is 7.53. The van der Waals surface area contributed by atoms with Gasteiger partial charge in [0, 0.05) is 6.42 Å². The van der Waals surface area contributed by atoms with Crippen molar-refractivity contribution in [1.82, 2.24) is 0 Å². The van der Waals surface area contributed by atoms with Crippen molar-refractivity contribution in [2.45, 2.75) is 38.2 Å². The summed E-state index contributed by atoms with van der Waals surface area (Å²) in [5, 5.41) is 0. The van der Waals surface area contributed by atoms with Gasteiger partial charge in [0.15, 0.2) is 0 Å². The van der Waals surface area contributed by atoms with E-state index >= 15 is 0 Å². The lowest BCUT2D eigenvalue weighted by Gasteiger charge is -2.24. The average Bonchev–Trinajstić information content (AvgIpc) is 1.98. The number of ether oxygens (including phenoxy) is 1. The predicted octanol–water partition coefficient (Wildman–Crippen LogP) is 2.50. The number of primary amides is 1. The van der Waals surface area contributed by atoms with Gasteiger partial charge in [-0.3, -0.25) is 0 Å². The van der Waals surface area contributed by atoms with Gasteiger partial charge >= 0.3 is 18.1 Å². The molecule has 84 valence electrons. The van der Waals surface area contributed by atoms with Gasteiger partial charge in [-0.1, -0.05) is 13.3 Å². The molecule has 0 aliphatic heterocycles. The molecular weight excluding hydrogens is 206 g/mol. The van der Waals surface area contributed by atoms with Gasteiger partial charge in [0.25, 0.3) is 0 Å². The van der Waals surface area contributed by atoms with E-state index in [4.69, 9.17) is 0 Å². The summed E-state index contributed by atoms with van der Waals surface area (Å²) in [4.78, 5) is 9.92. The monoisotopic (exact) mass is 217 g/mol. The minimum atomic E-state index is -4.84. The van der Waals surface area contributed by atoms with Crippen LogP contribution in [0.5, 0.6) is 0 Å². The van der Waals surface area contributed by atoms with E-state index in [0.29, 0.717) is 6.42 Å². The van der Waals surface area contributed by atoms with Gasteiger partial charge in [0.1, 0.15) is 0 Å². The van der Waals surface area contributed by atoms with E-state index in [1.54, 1.807) is 6.92 Å². The third-order valence-electron chi connectivity index (χ3n) is 1.50. The Morgan fingerprint density at radius 2 is 1.86 bits per heavy atom. The maximum atomic E-state index is 12.7. The first-order chi connectivity index (χ1) is 6.23. The zero-order valence-corrected chi connectivity index (χ0v) is 7.53. The normalized spacial score (nSPS) is 12.6. The van der Waals surface area contributed by atoms with Gasteiger partial charge in [-0.05, 0) is 6.42 Å². The van der Waals surface area contributed by atoms with Crippen LogP contribution in [0.2, 0.25) is 0 Å². The van der Waals surface area contributed by atoms with Crippen LogP contribution >= 0.6 is 0 Å². The second-order valence-electron chi connectivity index (χ2n) is 2.75. The molecule has 0 atom stereocenters. The van der Waals surface area contributed by atoms with E-state index in [1.165, 1.54) is 0 Å². The van der Waals surface area contributed by atoms with Crippen molar-refractivity contribution in [3.8, 4) is 0 Å². The fourth-order valence-electron chi connectivity index (χ4n) is 0.745. The number of hydrogen-bond acceptors (Lipinski definition) is 2. The van der Waals surface area contributed by atoms with Gasteiger partial charge in [0.05, 0.1) is 0 Å². The van der Waals surface area contributed by atoms with Crippen molar-refractivity contribution in [3.63, 3.8) is 0 Å². The highest BCUT2D eigenvalue weighted by molar-refractivity contribution is 5.65. The lowest BCUT2D eigenvalue weighted by molar-refractivity contribution is -0.322. The van der Waals surface area contributed by atoms with Gasteiger partial charge in [-0.15, -0.1) is 0 Å². The summed E-state index contributed by atoms with van der Waals surface area (Å²) in [6.45, 7) is 1.57. The van der Waals surface area contributed by atoms with E-state index in [2.05, 4.69) is 10.5 Å². The lowest BCUT2D eigenvalue weighted by atomic mass is 10.1. The van der Waals surface area contributed by atoms with Crippen LogP contribution in [0.4, 0.5) is 22.4 Å². The van der Waals surface area contributed by atoms with Gasteiger partial charge in [-0.2, -0.15) is 17.6 Å². The number of halogens is 4. The first-order valence-corrected chi connectivity index (χ1v) is 3.97. The summed E-state index contributed by atoms with van der Waals surface area (Å²) in [6, 6.07) is 0. The molecule has 0 heterocycles. The van der Waals surface area contributed by atoms with Crippen LogP contribution in [-0.2, 0) is 4.74 Å². The molecule has 14 heavy (non-hydrogen) atoms. The molecule has 3 nitrogen and oxygen atoms in total. The number of carbonyl (C=O) groups excluding carboxylic acids is 1. The number of alkyl halides is 4. The van der Waals surface area contributed by atoms with Crippen LogP contribution in [-0.4, -0.2) is 18.1 Å². The fourth-order valence-corrected chi connectivity index (χ4v) is 0.745. The van der Waals surface area contributed by atoms with Gasteiger partial charge < -0.3 is 10.5 Å². The third kappa shape index (κ3) is 3.39. The Bertz CT molecular complexity index is 208. The number of amides is 1. The Morgan fingerprint density at radius 1 is 1.36 bits per heavy atom. The highest BCUT2D eigenvalue weighted by Gasteiger charge is 2.59. The Morgan fingerprint density at radius 3 is 2.21 bits per heavy atom. The summed E-state index contributed by atoms with van der Waals surface area (Å²) in [6.07, 6.45) is -7.57. The third-order valence-corrected chi connectivity index (χ3v) is 1.50. The predicted molar refractivity (Wildman–Crippen MR) is 40.1 cm³/mol. The molecule has 0 aliphatic rings. The summed E-state index contributed by atoms with van der Waals surface area (Å²) in [5.41, 5.74) is 4.23. The number of carbonyl (C=O) groups is 1. The molecule has 0 radical (unpaired) electrons. The SMILES string of the molecule is CCCCC(F)(F)C(F)(F)OC(N)=O. The molecule has 0 unspecified atom stereocenters. The van der Waals surface area contributed by atoms with Crippen LogP contribution < -0.4 is 5.73 Å². The molecular formula is C7H11F4NO2. The molecule has 0 saturated heterocycles. The lowest BCUT2D eigenvalue weighted by Crippen LogP contribution is -2.45. The smallest absolute Gasteiger partial charge is 0.379 e. The van der Waals surface area contributed by atoms with Crippen molar-refractivity contribution in [2.24, 2.45) is 5.73 Å². The molecule has 0 rings (SSSR count). The first kappa shape index (κ1) is 13.0. The Labute approximate surface area is 78.2 Å². The zero-order chi connectivity index (χ0) is 11.4. The minimum Gasteiger partial charge on any atom is -0.379 e. The van der Waals surface area contributed by atoms with Crippen molar-refractivity contribution in [1.29, 1.82) is 0 Å². The molecule has 0 aliphatic carbocycles. The maximum Gasteiger partial charge on any atom is 0.467 e. The Kier molecular flexibility index (Phi) is 4.15. The van der Waals surface area contributed by atoms with Gasteiger partial charge in [-0.25, -0.2) is 4.79 Å². The maximum absolute atomic E-state index is 12.7. The van der Waals surface area contributed by atoms with Crippen LogP contribution in [0.1, 0.15) is 26.2 Å². The quantitative estimate of drug-likeness (QED) is 0.719. The second-order valence-corrected chi connectivity index (χ2v) is 2.75. The molecule has 1 amide bonds. The molecule has 0 aromatic rings.